The zero-order chi connectivity index (χ0) is 22.7. The molecule has 0 bridgehead atoms. The number of esters is 1. The first kappa shape index (κ1) is 21.5. The summed E-state index contributed by atoms with van der Waals surface area (Å²) in [5.74, 6) is -2.53. The van der Waals surface area contributed by atoms with Gasteiger partial charge >= 0.3 is 11.7 Å². The van der Waals surface area contributed by atoms with Gasteiger partial charge in [0.05, 0.1) is 0 Å². The van der Waals surface area contributed by atoms with Gasteiger partial charge in [-0.1, -0.05) is 30.3 Å². The fourth-order valence-corrected chi connectivity index (χ4v) is 2.98. The molecular weight excluding hydrogens is 404 g/mol. The highest BCUT2D eigenvalue weighted by Crippen LogP contribution is 2.15. The van der Waals surface area contributed by atoms with E-state index in [4.69, 9.17) is 10.5 Å². The summed E-state index contributed by atoms with van der Waals surface area (Å²) in [5.41, 5.74) is 4.04. The van der Waals surface area contributed by atoms with E-state index in [1.807, 2.05) is 24.3 Å². The van der Waals surface area contributed by atoms with Crippen LogP contribution in [-0.4, -0.2) is 39.9 Å². The molecule has 0 aliphatic carbocycles. The maximum Gasteiger partial charge on any atom is 0.332 e. The molecule has 0 fully saturated rings. The van der Waals surface area contributed by atoms with Crippen molar-refractivity contribution in [3.8, 4) is 0 Å². The van der Waals surface area contributed by atoms with Gasteiger partial charge in [-0.05, 0) is 22.9 Å². The number of hydrogen-bond donors (Lipinski definition) is 2. The minimum Gasteiger partial charge on any atom is -0.456 e. The van der Waals surface area contributed by atoms with E-state index in [2.05, 4.69) is 5.32 Å². The fraction of sp³-hybridized carbons (Fsp3) is 0.190. The molecule has 0 saturated heterocycles. The number of fused-ring (bicyclic) bond motifs is 1. The first-order chi connectivity index (χ1) is 14.7. The molecule has 0 aliphatic rings. The lowest BCUT2D eigenvalue weighted by molar-refractivity contribution is -0.141. The predicted molar refractivity (Wildman–Crippen MR) is 113 cm³/mol. The Morgan fingerprint density at radius 2 is 1.68 bits per heavy atom. The highest BCUT2D eigenvalue weighted by molar-refractivity contribution is 6.02. The largest absolute Gasteiger partial charge is 0.456 e. The third kappa shape index (κ3) is 4.37. The summed E-state index contributed by atoms with van der Waals surface area (Å²) < 4.78 is 6.52. The lowest BCUT2D eigenvalue weighted by Gasteiger charge is -2.11. The molecule has 3 aromatic rings. The normalized spacial score (nSPS) is 10.6. The molecule has 160 valence electrons. The SMILES string of the molecule is Cn1c(N)c(C(=O)COC(=O)CNC(=O)c2ccc3ccccc3c2)c(=O)n(C)c1=O. The number of nitrogens with two attached hydrogens (primary N) is 1. The molecule has 1 aromatic heterocycles. The Kier molecular flexibility index (Phi) is 6.00. The average Bonchev–Trinajstić information content (AvgIpc) is 2.78. The number of rotatable bonds is 6. The lowest BCUT2D eigenvalue weighted by Crippen LogP contribution is -2.42. The van der Waals surface area contributed by atoms with Crippen molar-refractivity contribution in [1.29, 1.82) is 0 Å². The third-order valence-electron chi connectivity index (χ3n) is 4.76. The molecule has 0 spiro atoms. The van der Waals surface area contributed by atoms with Crippen LogP contribution >= 0.6 is 0 Å². The number of Topliss-reactive ketones (excluding diaryl/α,β-unsaturated/α-hetero) is 1. The summed E-state index contributed by atoms with van der Waals surface area (Å²) in [4.78, 5) is 60.5. The second kappa shape index (κ2) is 8.66. The molecule has 0 unspecified atom stereocenters. The minimum atomic E-state index is -0.883. The average molecular weight is 424 g/mol. The van der Waals surface area contributed by atoms with Crippen LogP contribution in [0.3, 0.4) is 0 Å². The number of anilines is 1. The molecule has 10 heteroatoms. The fourth-order valence-electron chi connectivity index (χ4n) is 2.98. The zero-order valence-corrected chi connectivity index (χ0v) is 16.9. The van der Waals surface area contributed by atoms with Crippen LogP contribution in [0.5, 0.6) is 0 Å². The van der Waals surface area contributed by atoms with Crippen molar-refractivity contribution in [2.24, 2.45) is 14.1 Å². The lowest BCUT2D eigenvalue weighted by atomic mass is 10.1. The second-order valence-electron chi connectivity index (χ2n) is 6.79. The quantitative estimate of drug-likeness (QED) is 0.418. The van der Waals surface area contributed by atoms with Crippen molar-refractivity contribution in [3.05, 3.63) is 74.4 Å². The molecule has 1 amide bonds. The van der Waals surface area contributed by atoms with Crippen molar-refractivity contribution < 1.29 is 19.1 Å². The standard InChI is InChI=1S/C21H20N4O6/c1-24-18(22)17(20(29)25(2)21(24)30)15(26)11-31-16(27)10-23-19(28)14-8-7-12-5-3-4-6-13(12)9-14/h3-9H,10-11,22H2,1-2H3,(H,23,28). The monoisotopic (exact) mass is 424 g/mol. The second-order valence-corrected chi connectivity index (χ2v) is 6.79. The Hall–Kier alpha value is -4.21. The van der Waals surface area contributed by atoms with E-state index in [1.54, 1.807) is 18.2 Å². The number of carbonyl (C=O) groups is 3. The van der Waals surface area contributed by atoms with Gasteiger partial charge in [0.15, 0.2) is 6.61 Å². The van der Waals surface area contributed by atoms with Gasteiger partial charge in [-0.25, -0.2) is 4.79 Å². The van der Waals surface area contributed by atoms with Crippen LogP contribution in [0.4, 0.5) is 5.82 Å². The van der Waals surface area contributed by atoms with Crippen LogP contribution in [0.1, 0.15) is 20.7 Å². The minimum absolute atomic E-state index is 0.321. The van der Waals surface area contributed by atoms with Crippen molar-refractivity contribution in [1.82, 2.24) is 14.5 Å². The van der Waals surface area contributed by atoms with E-state index in [1.165, 1.54) is 14.1 Å². The highest BCUT2D eigenvalue weighted by atomic mass is 16.5. The molecule has 2 aromatic carbocycles. The Bertz CT molecular complexity index is 1320. The van der Waals surface area contributed by atoms with Crippen LogP contribution in [0, 0.1) is 0 Å². The third-order valence-corrected chi connectivity index (χ3v) is 4.76. The van der Waals surface area contributed by atoms with E-state index in [-0.39, 0.29) is 5.82 Å². The van der Waals surface area contributed by atoms with Crippen LogP contribution in [0.15, 0.2) is 52.1 Å². The number of ketones is 1. The smallest absolute Gasteiger partial charge is 0.332 e. The molecular formula is C21H20N4O6. The summed E-state index contributed by atoms with van der Waals surface area (Å²) in [7, 11) is 2.51. The Morgan fingerprint density at radius 1 is 1.00 bits per heavy atom. The molecule has 0 atom stereocenters. The zero-order valence-electron chi connectivity index (χ0n) is 16.9. The van der Waals surface area contributed by atoms with Crippen molar-refractivity contribution in [2.45, 2.75) is 0 Å². The number of benzene rings is 2. The Morgan fingerprint density at radius 3 is 2.39 bits per heavy atom. The van der Waals surface area contributed by atoms with Crippen LogP contribution < -0.4 is 22.3 Å². The van der Waals surface area contributed by atoms with E-state index < -0.39 is 47.6 Å². The maximum absolute atomic E-state index is 12.3. The first-order valence-electron chi connectivity index (χ1n) is 9.22. The van der Waals surface area contributed by atoms with Crippen molar-refractivity contribution >= 4 is 34.3 Å². The molecule has 31 heavy (non-hydrogen) atoms. The van der Waals surface area contributed by atoms with E-state index in [0.29, 0.717) is 5.56 Å². The molecule has 0 aliphatic heterocycles. The summed E-state index contributed by atoms with van der Waals surface area (Å²) in [6.07, 6.45) is 0. The van der Waals surface area contributed by atoms with Crippen molar-refractivity contribution in [2.75, 3.05) is 18.9 Å². The van der Waals surface area contributed by atoms with Crippen LogP contribution in [-0.2, 0) is 23.6 Å². The summed E-state index contributed by atoms with van der Waals surface area (Å²) in [5, 5.41) is 4.26. The highest BCUT2D eigenvalue weighted by Gasteiger charge is 2.21. The van der Waals surface area contributed by atoms with Gasteiger partial charge in [0.1, 0.15) is 17.9 Å². The number of ether oxygens (including phenoxy) is 1. The van der Waals surface area contributed by atoms with Gasteiger partial charge in [-0.3, -0.25) is 28.3 Å². The van der Waals surface area contributed by atoms with Crippen molar-refractivity contribution in [3.63, 3.8) is 0 Å². The van der Waals surface area contributed by atoms with E-state index >= 15 is 0 Å². The topological polar surface area (TPSA) is 142 Å². The van der Waals surface area contributed by atoms with E-state index in [9.17, 15) is 24.0 Å². The van der Waals surface area contributed by atoms with Gasteiger partial charge in [-0.15, -0.1) is 0 Å². The molecule has 3 rings (SSSR count). The van der Waals surface area contributed by atoms with Crippen LogP contribution in [0.25, 0.3) is 10.8 Å². The predicted octanol–water partition coefficient (Wildman–Crippen LogP) is -0.0247. The van der Waals surface area contributed by atoms with E-state index in [0.717, 1.165) is 19.9 Å². The number of carbonyl (C=O) groups excluding carboxylic acids is 3. The van der Waals surface area contributed by atoms with Gasteiger partial charge in [-0.2, -0.15) is 0 Å². The molecule has 1 heterocycles. The summed E-state index contributed by atoms with van der Waals surface area (Å²) in [6.45, 7) is -1.23. The Balaban J connectivity index is 1.60. The first-order valence-corrected chi connectivity index (χ1v) is 9.22. The number of nitrogens with zero attached hydrogens (tertiary/aromatic N) is 2. The Labute approximate surface area is 175 Å². The molecule has 0 saturated carbocycles. The molecule has 10 nitrogen and oxygen atoms in total. The number of aromatic nitrogens is 2. The van der Waals surface area contributed by atoms with Gasteiger partial charge in [0.25, 0.3) is 11.5 Å². The number of nitrogen functional groups attached to an aromatic ring is 1. The molecule has 0 radical (unpaired) electrons. The number of amides is 1. The number of hydrogen-bond acceptors (Lipinski definition) is 7. The van der Waals surface area contributed by atoms with Gasteiger partial charge < -0.3 is 15.8 Å². The summed E-state index contributed by atoms with van der Waals surface area (Å²) >= 11 is 0. The van der Waals surface area contributed by atoms with Crippen LogP contribution in [0.2, 0.25) is 0 Å². The maximum atomic E-state index is 12.3. The molecule has 3 N–H and O–H groups in total. The van der Waals surface area contributed by atoms with Gasteiger partial charge in [0, 0.05) is 19.7 Å². The number of nitrogens with one attached hydrogen (secondary N) is 1. The summed E-state index contributed by atoms with van der Waals surface area (Å²) in [6, 6.07) is 12.6. The van der Waals surface area contributed by atoms with Gasteiger partial charge in [0.2, 0.25) is 5.78 Å².